The second-order valence-electron chi connectivity index (χ2n) is 5.66. The van der Waals surface area contributed by atoms with Crippen molar-refractivity contribution in [2.75, 3.05) is 26.9 Å². The van der Waals surface area contributed by atoms with E-state index in [1.165, 1.54) is 6.20 Å². The van der Waals surface area contributed by atoms with E-state index in [1.54, 1.807) is 13.3 Å². The van der Waals surface area contributed by atoms with Crippen molar-refractivity contribution in [2.24, 2.45) is 0 Å². The van der Waals surface area contributed by atoms with Crippen molar-refractivity contribution in [3.05, 3.63) is 41.2 Å². The third kappa shape index (κ3) is 3.77. The molecule has 0 aliphatic carbocycles. The van der Waals surface area contributed by atoms with Crippen LogP contribution in [0.25, 0.3) is 0 Å². The van der Waals surface area contributed by atoms with Crippen LogP contribution in [0, 0.1) is 6.92 Å². The predicted octanol–water partition coefficient (Wildman–Crippen LogP) is 0.672. The topological polar surface area (TPSA) is 91.2 Å². The van der Waals surface area contributed by atoms with Crippen LogP contribution in [0.1, 0.15) is 33.5 Å². The van der Waals surface area contributed by atoms with E-state index < -0.39 is 0 Å². The maximum absolute atomic E-state index is 12.1. The van der Waals surface area contributed by atoms with Crippen LogP contribution in [0.2, 0.25) is 0 Å². The van der Waals surface area contributed by atoms with Gasteiger partial charge in [0.05, 0.1) is 37.3 Å². The van der Waals surface area contributed by atoms with Gasteiger partial charge in [0.1, 0.15) is 11.8 Å². The summed E-state index contributed by atoms with van der Waals surface area (Å²) in [6.45, 7) is 4.10. The second-order valence-corrected chi connectivity index (χ2v) is 5.66. The molecule has 24 heavy (non-hydrogen) atoms. The van der Waals surface area contributed by atoms with Gasteiger partial charge in [0.2, 0.25) is 0 Å². The van der Waals surface area contributed by atoms with E-state index in [9.17, 15) is 4.79 Å². The number of ether oxygens (including phenoxy) is 2. The number of aromatic nitrogens is 4. The fourth-order valence-corrected chi connectivity index (χ4v) is 2.57. The molecule has 0 spiro atoms. The van der Waals surface area contributed by atoms with Gasteiger partial charge in [-0.2, -0.15) is 5.10 Å². The quantitative estimate of drug-likeness (QED) is 0.837. The molecular formula is C16H21N5O3. The van der Waals surface area contributed by atoms with Crippen LogP contribution in [-0.2, 0) is 22.4 Å². The molecule has 2 aromatic rings. The molecule has 0 radical (unpaired) electrons. The number of fused-ring (bicyclic) bond motifs is 1. The lowest BCUT2D eigenvalue weighted by atomic mass is 10.1. The number of amides is 1. The number of carbonyl (C=O) groups is 1. The molecule has 0 saturated carbocycles. The maximum atomic E-state index is 12.1. The van der Waals surface area contributed by atoms with Crippen LogP contribution < -0.4 is 5.32 Å². The first-order valence-corrected chi connectivity index (χ1v) is 7.91. The Kier molecular flexibility index (Phi) is 5.17. The molecule has 1 atom stereocenters. The summed E-state index contributed by atoms with van der Waals surface area (Å²) in [5, 5.41) is 7.41. The Morgan fingerprint density at radius 1 is 1.46 bits per heavy atom. The molecule has 3 rings (SSSR count). The largest absolute Gasteiger partial charge is 0.383 e. The van der Waals surface area contributed by atoms with E-state index in [2.05, 4.69) is 20.4 Å². The zero-order valence-corrected chi connectivity index (χ0v) is 13.9. The van der Waals surface area contributed by atoms with E-state index in [4.69, 9.17) is 9.47 Å². The Bertz CT molecular complexity index is 698. The average molecular weight is 331 g/mol. The minimum absolute atomic E-state index is 0.250. The van der Waals surface area contributed by atoms with Crippen molar-refractivity contribution in [3.8, 4) is 0 Å². The third-order valence-corrected chi connectivity index (χ3v) is 3.85. The number of carbonyl (C=O) groups excluding carboxylic acids is 1. The molecule has 8 heteroatoms. The summed E-state index contributed by atoms with van der Waals surface area (Å²) in [7, 11) is 1.67. The van der Waals surface area contributed by atoms with E-state index in [0.29, 0.717) is 32.0 Å². The van der Waals surface area contributed by atoms with Crippen molar-refractivity contribution < 1.29 is 14.3 Å². The first kappa shape index (κ1) is 16.5. The molecule has 0 bridgehead atoms. The number of nitrogens with zero attached hydrogens (tertiary/aromatic N) is 4. The Hall–Kier alpha value is -2.32. The number of aryl methyl sites for hydroxylation is 1. The Morgan fingerprint density at radius 2 is 2.33 bits per heavy atom. The van der Waals surface area contributed by atoms with Crippen LogP contribution in [0.5, 0.6) is 0 Å². The highest BCUT2D eigenvalue weighted by Gasteiger charge is 2.25. The molecular weight excluding hydrogens is 310 g/mol. The fourth-order valence-electron chi connectivity index (χ4n) is 2.57. The smallest absolute Gasteiger partial charge is 0.271 e. The highest BCUT2D eigenvalue weighted by Crippen LogP contribution is 2.25. The summed E-state index contributed by atoms with van der Waals surface area (Å²) >= 11 is 0. The standard InChI is InChI=1S/C16H21N5O3/c1-11-7-18-13(8-17-11)16(22)19-9-14-15-12(3-5-24-14)10-21(20-15)4-6-23-2/h7-8,10,14H,3-6,9H2,1-2H3,(H,19,22)/t14-/m1/s1. The molecule has 2 aromatic heterocycles. The Morgan fingerprint density at radius 3 is 3.08 bits per heavy atom. The van der Waals surface area contributed by atoms with Gasteiger partial charge in [-0.25, -0.2) is 4.98 Å². The highest BCUT2D eigenvalue weighted by atomic mass is 16.5. The fraction of sp³-hybridized carbons (Fsp3) is 0.500. The minimum Gasteiger partial charge on any atom is -0.383 e. The molecule has 3 heterocycles. The molecule has 0 aromatic carbocycles. The van der Waals surface area contributed by atoms with Crippen molar-refractivity contribution >= 4 is 5.91 Å². The molecule has 0 fully saturated rings. The SMILES string of the molecule is COCCn1cc2c(n1)[C@@H](CNC(=O)c1cnc(C)cn1)OCC2. The zero-order valence-electron chi connectivity index (χ0n) is 13.9. The van der Waals surface area contributed by atoms with Gasteiger partial charge in [-0.15, -0.1) is 0 Å². The first-order valence-electron chi connectivity index (χ1n) is 7.91. The normalized spacial score (nSPS) is 16.7. The molecule has 0 unspecified atom stereocenters. The van der Waals surface area contributed by atoms with E-state index in [1.807, 2.05) is 17.8 Å². The average Bonchev–Trinajstić information content (AvgIpc) is 3.02. The Labute approximate surface area is 140 Å². The van der Waals surface area contributed by atoms with Crippen molar-refractivity contribution in [1.29, 1.82) is 0 Å². The lowest BCUT2D eigenvalue weighted by molar-refractivity contribution is 0.0381. The first-order chi connectivity index (χ1) is 11.7. The summed E-state index contributed by atoms with van der Waals surface area (Å²) in [5.74, 6) is -0.267. The number of nitrogens with one attached hydrogen (secondary N) is 1. The van der Waals surface area contributed by atoms with Crippen LogP contribution >= 0.6 is 0 Å². The van der Waals surface area contributed by atoms with E-state index in [0.717, 1.165) is 23.4 Å². The molecule has 1 aliphatic heterocycles. The maximum Gasteiger partial charge on any atom is 0.271 e. The summed E-state index contributed by atoms with van der Waals surface area (Å²) in [5.41, 5.74) is 3.11. The van der Waals surface area contributed by atoms with Gasteiger partial charge in [0.15, 0.2) is 0 Å². The van der Waals surface area contributed by atoms with Gasteiger partial charge in [-0.1, -0.05) is 0 Å². The minimum atomic E-state index is -0.267. The molecule has 0 saturated heterocycles. The van der Waals surface area contributed by atoms with Crippen LogP contribution in [0.3, 0.4) is 0 Å². The van der Waals surface area contributed by atoms with Gasteiger partial charge in [0.25, 0.3) is 5.91 Å². The number of methoxy groups -OCH3 is 1. The lowest BCUT2D eigenvalue weighted by Gasteiger charge is -2.22. The summed E-state index contributed by atoms with van der Waals surface area (Å²) in [6, 6.07) is 0. The van der Waals surface area contributed by atoms with Gasteiger partial charge in [-0.05, 0) is 18.9 Å². The summed E-state index contributed by atoms with van der Waals surface area (Å²) in [4.78, 5) is 20.3. The summed E-state index contributed by atoms with van der Waals surface area (Å²) in [6.07, 6.45) is 5.64. The van der Waals surface area contributed by atoms with Gasteiger partial charge in [0, 0.05) is 26.0 Å². The van der Waals surface area contributed by atoms with Gasteiger partial charge >= 0.3 is 0 Å². The number of hydrogen-bond acceptors (Lipinski definition) is 6. The molecule has 1 N–H and O–H groups in total. The number of rotatable bonds is 6. The van der Waals surface area contributed by atoms with Crippen molar-refractivity contribution in [1.82, 2.24) is 25.1 Å². The van der Waals surface area contributed by atoms with E-state index in [-0.39, 0.29) is 12.0 Å². The van der Waals surface area contributed by atoms with Crippen molar-refractivity contribution in [2.45, 2.75) is 26.0 Å². The van der Waals surface area contributed by atoms with Crippen molar-refractivity contribution in [3.63, 3.8) is 0 Å². The van der Waals surface area contributed by atoms with Crippen LogP contribution in [-0.4, -0.2) is 52.5 Å². The lowest BCUT2D eigenvalue weighted by Crippen LogP contribution is -2.32. The van der Waals surface area contributed by atoms with Crippen LogP contribution in [0.15, 0.2) is 18.6 Å². The Balaban J connectivity index is 1.63. The molecule has 8 nitrogen and oxygen atoms in total. The summed E-state index contributed by atoms with van der Waals surface area (Å²) < 4.78 is 12.7. The zero-order chi connectivity index (χ0) is 16.9. The van der Waals surface area contributed by atoms with E-state index >= 15 is 0 Å². The van der Waals surface area contributed by atoms with Crippen LogP contribution in [0.4, 0.5) is 0 Å². The second kappa shape index (κ2) is 7.50. The molecule has 1 amide bonds. The molecule has 1 aliphatic rings. The van der Waals surface area contributed by atoms with Gasteiger partial charge in [-0.3, -0.25) is 14.5 Å². The van der Waals surface area contributed by atoms with Gasteiger partial charge < -0.3 is 14.8 Å². The third-order valence-electron chi connectivity index (χ3n) is 3.85. The predicted molar refractivity (Wildman–Crippen MR) is 85.6 cm³/mol. The highest BCUT2D eigenvalue weighted by molar-refractivity contribution is 5.91. The molecule has 128 valence electrons. The monoisotopic (exact) mass is 331 g/mol. The number of hydrogen-bond donors (Lipinski definition) is 1.